The minimum atomic E-state index is -4.51. The molecule has 0 heterocycles. The predicted octanol–water partition coefficient (Wildman–Crippen LogP) is 1.76. The second-order valence-corrected chi connectivity index (χ2v) is 2.30. The zero-order chi connectivity index (χ0) is 7.07. The first-order chi connectivity index (χ1) is 4.02. The molecule has 1 nitrogen and oxygen atoms in total. The van der Waals surface area contributed by atoms with Gasteiger partial charge in [-0.25, -0.2) is 5.11 Å². The van der Waals surface area contributed by atoms with Crippen LogP contribution in [0.2, 0.25) is 0 Å². The summed E-state index contributed by atoms with van der Waals surface area (Å²) in [7, 11) is 0. The van der Waals surface area contributed by atoms with Crippen molar-refractivity contribution in [2.75, 3.05) is 0 Å². The van der Waals surface area contributed by atoms with Crippen LogP contribution >= 0.6 is 0 Å². The minimum absolute atomic E-state index is 0.452. The van der Waals surface area contributed by atoms with E-state index in [2.05, 4.69) is 0 Å². The Bertz CT molecular complexity index is 105. The van der Waals surface area contributed by atoms with Crippen molar-refractivity contribution < 1.29 is 18.3 Å². The van der Waals surface area contributed by atoms with Crippen LogP contribution in [0, 0.1) is 5.92 Å². The van der Waals surface area contributed by atoms with Gasteiger partial charge in [-0.1, -0.05) is 0 Å². The highest BCUT2D eigenvalue weighted by Gasteiger charge is 2.49. The molecular formula is C5H6F3O. The van der Waals surface area contributed by atoms with Crippen LogP contribution in [0.3, 0.4) is 0 Å². The van der Waals surface area contributed by atoms with E-state index in [0.29, 0.717) is 12.8 Å². The molecule has 9 heavy (non-hydrogen) atoms. The number of rotatable bonds is 1. The fraction of sp³-hybridized carbons (Fsp3) is 1.00. The summed E-state index contributed by atoms with van der Waals surface area (Å²) in [5.74, 6) is -0.620. The molecular weight excluding hydrogens is 133 g/mol. The van der Waals surface area contributed by atoms with Crippen molar-refractivity contribution in [3.8, 4) is 0 Å². The molecule has 1 aliphatic carbocycles. The minimum Gasteiger partial charge on any atom is -0.223 e. The van der Waals surface area contributed by atoms with E-state index in [0.717, 1.165) is 0 Å². The molecule has 4 heteroatoms. The average Bonchev–Trinajstić information content (AvgIpc) is 2.40. The Kier molecular flexibility index (Phi) is 1.42. The van der Waals surface area contributed by atoms with Gasteiger partial charge < -0.3 is 0 Å². The summed E-state index contributed by atoms with van der Waals surface area (Å²) < 4.78 is 34.3. The van der Waals surface area contributed by atoms with Gasteiger partial charge in [-0.3, -0.25) is 0 Å². The Morgan fingerprint density at radius 1 is 1.33 bits per heavy atom. The lowest BCUT2D eigenvalue weighted by Crippen LogP contribution is -2.28. The summed E-state index contributed by atoms with van der Waals surface area (Å²) in [6.45, 7) is 0. The second kappa shape index (κ2) is 1.87. The molecule has 1 rings (SSSR count). The zero-order valence-corrected chi connectivity index (χ0v) is 4.61. The van der Waals surface area contributed by atoms with Crippen LogP contribution in [-0.4, -0.2) is 12.3 Å². The monoisotopic (exact) mass is 139 g/mol. The lowest BCUT2D eigenvalue weighted by molar-refractivity contribution is -0.228. The van der Waals surface area contributed by atoms with Crippen molar-refractivity contribution in [3.63, 3.8) is 0 Å². The summed E-state index contributed by atoms with van der Waals surface area (Å²) in [5, 5.41) is 10.2. The van der Waals surface area contributed by atoms with Crippen LogP contribution < -0.4 is 0 Å². The van der Waals surface area contributed by atoms with Crippen molar-refractivity contribution in [3.05, 3.63) is 0 Å². The largest absolute Gasteiger partial charge is 0.418 e. The maximum Gasteiger partial charge on any atom is 0.418 e. The molecule has 0 N–H and O–H groups in total. The van der Waals surface area contributed by atoms with E-state index in [-0.39, 0.29) is 0 Å². The Hall–Kier alpha value is -0.250. The van der Waals surface area contributed by atoms with E-state index in [4.69, 9.17) is 0 Å². The van der Waals surface area contributed by atoms with Crippen molar-refractivity contribution >= 4 is 0 Å². The van der Waals surface area contributed by atoms with Crippen LogP contribution in [0.25, 0.3) is 0 Å². The molecule has 0 saturated heterocycles. The molecule has 53 valence electrons. The van der Waals surface area contributed by atoms with Crippen molar-refractivity contribution in [1.82, 2.24) is 0 Å². The standard InChI is InChI=1S/C5H6F3O/c6-5(7,8)4(9)3-1-2-3/h3-4H,1-2H2. The first-order valence-corrected chi connectivity index (χ1v) is 2.74. The summed E-state index contributed by atoms with van der Waals surface area (Å²) in [6, 6.07) is 0. The van der Waals surface area contributed by atoms with Gasteiger partial charge >= 0.3 is 6.18 Å². The average molecular weight is 139 g/mol. The highest BCUT2D eigenvalue weighted by atomic mass is 19.4. The Morgan fingerprint density at radius 2 is 1.78 bits per heavy atom. The van der Waals surface area contributed by atoms with Crippen LogP contribution in [0.5, 0.6) is 0 Å². The number of hydrogen-bond acceptors (Lipinski definition) is 0. The fourth-order valence-corrected chi connectivity index (χ4v) is 0.666. The smallest absolute Gasteiger partial charge is 0.223 e. The predicted molar refractivity (Wildman–Crippen MR) is 23.3 cm³/mol. The van der Waals surface area contributed by atoms with Crippen LogP contribution in [0.1, 0.15) is 12.8 Å². The number of halogens is 3. The van der Waals surface area contributed by atoms with Gasteiger partial charge in [0.05, 0.1) is 0 Å². The molecule has 1 aliphatic rings. The van der Waals surface area contributed by atoms with Gasteiger partial charge in [0, 0.05) is 0 Å². The van der Waals surface area contributed by atoms with Crippen molar-refractivity contribution in [1.29, 1.82) is 0 Å². The van der Waals surface area contributed by atoms with Gasteiger partial charge in [-0.2, -0.15) is 13.2 Å². The molecule has 0 amide bonds. The van der Waals surface area contributed by atoms with Gasteiger partial charge in [-0.15, -0.1) is 0 Å². The number of alkyl halides is 3. The molecule has 1 radical (unpaired) electrons. The maximum absolute atomic E-state index is 11.4. The fourth-order valence-electron chi connectivity index (χ4n) is 0.666. The Labute approximate surface area is 50.5 Å². The highest BCUT2D eigenvalue weighted by molar-refractivity contribution is 4.84. The molecule has 0 aromatic rings. The van der Waals surface area contributed by atoms with Crippen LogP contribution in [0.15, 0.2) is 0 Å². The van der Waals surface area contributed by atoms with Gasteiger partial charge in [0.2, 0.25) is 0 Å². The van der Waals surface area contributed by atoms with Gasteiger partial charge in [-0.05, 0) is 18.8 Å². The SMILES string of the molecule is [O]C(C1CC1)C(F)(F)F. The van der Waals surface area contributed by atoms with E-state index < -0.39 is 18.2 Å². The molecule has 1 atom stereocenters. The molecule has 0 aromatic heterocycles. The molecule has 1 unspecified atom stereocenters. The zero-order valence-electron chi connectivity index (χ0n) is 4.61. The Balaban J connectivity index is 2.40. The van der Waals surface area contributed by atoms with E-state index >= 15 is 0 Å². The molecule has 1 saturated carbocycles. The van der Waals surface area contributed by atoms with E-state index in [1.807, 2.05) is 0 Å². The lowest BCUT2D eigenvalue weighted by Gasteiger charge is -2.09. The molecule has 0 bridgehead atoms. The van der Waals surface area contributed by atoms with Crippen molar-refractivity contribution in [2.45, 2.75) is 25.1 Å². The topological polar surface area (TPSA) is 19.9 Å². The normalized spacial score (nSPS) is 24.0. The third-order valence-corrected chi connectivity index (χ3v) is 1.37. The quantitative estimate of drug-likeness (QED) is 0.527. The van der Waals surface area contributed by atoms with E-state index in [9.17, 15) is 18.3 Å². The summed E-state index contributed by atoms with van der Waals surface area (Å²) in [4.78, 5) is 0. The summed E-state index contributed by atoms with van der Waals surface area (Å²) in [6.07, 6.45) is -5.93. The van der Waals surface area contributed by atoms with Crippen LogP contribution in [0.4, 0.5) is 13.2 Å². The van der Waals surface area contributed by atoms with Gasteiger partial charge in [0.15, 0.2) is 6.10 Å². The number of hydrogen-bond donors (Lipinski definition) is 0. The Morgan fingerprint density at radius 3 is 1.89 bits per heavy atom. The second-order valence-electron chi connectivity index (χ2n) is 2.30. The first kappa shape index (κ1) is 6.86. The highest BCUT2D eigenvalue weighted by Crippen LogP contribution is 2.40. The molecule has 1 fully saturated rings. The summed E-state index contributed by atoms with van der Waals surface area (Å²) >= 11 is 0. The summed E-state index contributed by atoms with van der Waals surface area (Å²) in [5.41, 5.74) is 0. The van der Waals surface area contributed by atoms with Gasteiger partial charge in [0.1, 0.15) is 0 Å². The van der Waals surface area contributed by atoms with Gasteiger partial charge in [0.25, 0.3) is 0 Å². The molecule has 0 spiro atoms. The third kappa shape index (κ3) is 1.58. The van der Waals surface area contributed by atoms with Crippen LogP contribution in [-0.2, 0) is 5.11 Å². The van der Waals surface area contributed by atoms with E-state index in [1.165, 1.54) is 0 Å². The maximum atomic E-state index is 11.4. The molecule has 0 aliphatic heterocycles. The third-order valence-electron chi connectivity index (χ3n) is 1.37. The van der Waals surface area contributed by atoms with Crippen molar-refractivity contribution in [2.24, 2.45) is 5.92 Å². The van der Waals surface area contributed by atoms with E-state index in [1.54, 1.807) is 0 Å². The lowest BCUT2D eigenvalue weighted by atomic mass is 10.2. The first-order valence-electron chi connectivity index (χ1n) is 2.74. The molecule has 0 aromatic carbocycles.